The summed E-state index contributed by atoms with van der Waals surface area (Å²) in [4.78, 5) is 33.8. The molecule has 1 aromatic heterocycles. The number of carbonyl (C=O) groups excluding carboxylic acids is 2. The van der Waals surface area contributed by atoms with Crippen molar-refractivity contribution < 1.29 is 14.0 Å². The lowest BCUT2D eigenvalue weighted by molar-refractivity contribution is 0.0947. The Hall–Kier alpha value is -3.68. The Morgan fingerprint density at radius 1 is 1.00 bits per heavy atom. The van der Waals surface area contributed by atoms with Gasteiger partial charge in [-0.25, -0.2) is 4.39 Å². The fourth-order valence-electron chi connectivity index (χ4n) is 3.84. The molecular weight excluding hydrogens is 485 g/mol. The van der Waals surface area contributed by atoms with Gasteiger partial charge < -0.3 is 10.2 Å². The molecule has 0 radical (unpaired) electrons. The van der Waals surface area contributed by atoms with Crippen LogP contribution in [-0.4, -0.2) is 16.8 Å². The van der Waals surface area contributed by atoms with Crippen molar-refractivity contribution in [3.05, 3.63) is 118 Å². The molecule has 0 bridgehead atoms. The molecule has 8 heteroatoms. The van der Waals surface area contributed by atoms with E-state index in [-0.39, 0.29) is 35.5 Å². The van der Waals surface area contributed by atoms with Gasteiger partial charge in [0, 0.05) is 32.1 Å². The molecule has 0 saturated carbocycles. The number of pyridine rings is 1. The number of aromatic nitrogens is 1. The summed E-state index contributed by atoms with van der Waals surface area (Å²) in [5.41, 5.74) is 2.34. The maximum Gasteiger partial charge on any atom is 0.259 e. The molecule has 35 heavy (non-hydrogen) atoms. The molecule has 0 aliphatic carbocycles. The van der Waals surface area contributed by atoms with Crippen molar-refractivity contribution >= 4 is 40.9 Å². The number of nitrogens with zero attached hydrogens (tertiary/aromatic N) is 2. The van der Waals surface area contributed by atoms with Gasteiger partial charge in [0.05, 0.1) is 30.0 Å². The number of rotatable bonds is 5. The molecule has 174 valence electrons. The molecule has 1 N–H and O–H groups in total. The van der Waals surface area contributed by atoms with E-state index in [0.717, 1.165) is 15.5 Å². The highest BCUT2D eigenvalue weighted by Crippen LogP contribution is 2.42. The minimum Gasteiger partial charge on any atom is -0.346 e. The van der Waals surface area contributed by atoms with Gasteiger partial charge in [0.2, 0.25) is 0 Å². The maximum absolute atomic E-state index is 14.7. The normalized spacial score (nSPS) is 12.5. The molecule has 4 aromatic rings. The number of anilines is 1. The molecule has 1 aliphatic heterocycles. The van der Waals surface area contributed by atoms with Crippen LogP contribution >= 0.6 is 23.4 Å². The van der Waals surface area contributed by atoms with E-state index in [0.29, 0.717) is 16.8 Å². The first-order valence-electron chi connectivity index (χ1n) is 10.8. The van der Waals surface area contributed by atoms with Gasteiger partial charge in [0.15, 0.2) is 0 Å². The zero-order valence-corrected chi connectivity index (χ0v) is 19.9. The summed E-state index contributed by atoms with van der Waals surface area (Å²) in [5.74, 6) is -1.10. The number of carbonyl (C=O) groups is 2. The lowest BCUT2D eigenvalue weighted by Gasteiger charge is -2.24. The Balaban J connectivity index is 1.53. The summed E-state index contributed by atoms with van der Waals surface area (Å²) in [6, 6.07) is 22.4. The average molecular weight is 504 g/mol. The zero-order valence-electron chi connectivity index (χ0n) is 18.4. The van der Waals surface area contributed by atoms with E-state index >= 15 is 0 Å². The first-order chi connectivity index (χ1) is 17.0. The van der Waals surface area contributed by atoms with Crippen LogP contribution in [0.15, 0.2) is 94.9 Å². The van der Waals surface area contributed by atoms with Crippen molar-refractivity contribution in [2.75, 3.05) is 4.90 Å². The third-order valence-corrected chi connectivity index (χ3v) is 7.12. The molecule has 5 nitrogen and oxygen atoms in total. The predicted octanol–water partition coefficient (Wildman–Crippen LogP) is 6.12. The Labute approximate surface area is 211 Å². The van der Waals surface area contributed by atoms with Crippen LogP contribution in [0.2, 0.25) is 5.02 Å². The third kappa shape index (κ3) is 4.78. The molecular formula is C27H19ClFN3O2S. The first kappa shape index (κ1) is 23.1. The second-order valence-electron chi connectivity index (χ2n) is 7.88. The standard InChI is InChI=1S/C27H19ClFN3O2S/c28-21-8-5-9-22(29)20(21)16-32-23-14-17(26(33)31-15-18-6-3-4-13-30-18)11-12-25(23)35-24-10-2-1-7-19(24)27(32)34/h1-14H,15-16H2,(H,31,33). The average Bonchev–Trinajstić information content (AvgIpc) is 2.99. The highest BCUT2D eigenvalue weighted by molar-refractivity contribution is 7.99. The first-order valence-corrected chi connectivity index (χ1v) is 12.0. The van der Waals surface area contributed by atoms with Crippen molar-refractivity contribution in [3.63, 3.8) is 0 Å². The third-order valence-electron chi connectivity index (χ3n) is 5.63. The van der Waals surface area contributed by atoms with Crippen LogP contribution in [0, 0.1) is 5.82 Å². The minimum absolute atomic E-state index is 0.0781. The second-order valence-corrected chi connectivity index (χ2v) is 9.37. The van der Waals surface area contributed by atoms with E-state index in [1.807, 2.05) is 24.3 Å². The van der Waals surface area contributed by atoms with Gasteiger partial charge in [-0.1, -0.05) is 47.6 Å². The Morgan fingerprint density at radius 3 is 2.63 bits per heavy atom. The van der Waals surface area contributed by atoms with Crippen molar-refractivity contribution in [1.29, 1.82) is 0 Å². The van der Waals surface area contributed by atoms with Gasteiger partial charge in [-0.3, -0.25) is 14.6 Å². The van der Waals surface area contributed by atoms with Crippen LogP contribution in [0.5, 0.6) is 0 Å². The van der Waals surface area contributed by atoms with Crippen molar-refractivity contribution in [2.45, 2.75) is 22.9 Å². The molecule has 0 unspecified atom stereocenters. The number of halogens is 2. The number of hydrogen-bond acceptors (Lipinski definition) is 4. The molecule has 0 spiro atoms. The maximum atomic E-state index is 14.7. The smallest absolute Gasteiger partial charge is 0.259 e. The summed E-state index contributed by atoms with van der Waals surface area (Å²) < 4.78 is 14.7. The van der Waals surface area contributed by atoms with Gasteiger partial charge in [0.25, 0.3) is 11.8 Å². The van der Waals surface area contributed by atoms with E-state index < -0.39 is 5.82 Å². The molecule has 0 fully saturated rings. The molecule has 2 amide bonds. The highest BCUT2D eigenvalue weighted by Gasteiger charge is 2.29. The summed E-state index contributed by atoms with van der Waals surface area (Å²) in [6.45, 7) is 0.190. The quantitative estimate of drug-likeness (QED) is 0.356. The molecule has 2 heterocycles. The minimum atomic E-state index is -0.499. The Kier molecular flexibility index (Phi) is 6.53. The zero-order chi connectivity index (χ0) is 24.4. The van der Waals surface area contributed by atoms with Gasteiger partial charge in [-0.2, -0.15) is 0 Å². The summed E-state index contributed by atoms with van der Waals surface area (Å²) >= 11 is 7.72. The van der Waals surface area contributed by atoms with Crippen LogP contribution in [0.25, 0.3) is 0 Å². The Morgan fingerprint density at radius 2 is 1.83 bits per heavy atom. The predicted molar refractivity (Wildman–Crippen MR) is 134 cm³/mol. The number of fused-ring (bicyclic) bond motifs is 2. The Bertz CT molecular complexity index is 1410. The highest BCUT2D eigenvalue weighted by atomic mass is 35.5. The van der Waals surface area contributed by atoms with Crippen molar-refractivity contribution in [3.8, 4) is 0 Å². The number of amides is 2. The van der Waals surface area contributed by atoms with Gasteiger partial charge in [-0.15, -0.1) is 0 Å². The molecule has 5 rings (SSSR count). The van der Waals surface area contributed by atoms with Gasteiger partial charge >= 0.3 is 0 Å². The van der Waals surface area contributed by atoms with Crippen LogP contribution in [0.4, 0.5) is 10.1 Å². The van der Waals surface area contributed by atoms with Crippen molar-refractivity contribution in [2.24, 2.45) is 0 Å². The summed E-state index contributed by atoms with van der Waals surface area (Å²) in [6.07, 6.45) is 1.66. The second kappa shape index (κ2) is 9.90. The molecule has 0 saturated heterocycles. The fraction of sp³-hybridized carbons (Fsp3) is 0.0741. The largest absolute Gasteiger partial charge is 0.346 e. The molecule has 3 aromatic carbocycles. The SMILES string of the molecule is O=C(NCc1ccccn1)c1ccc2c(c1)N(Cc1c(F)cccc1Cl)C(=O)c1ccccc1S2. The van der Waals surface area contributed by atoms with E-state index in [1.165, 1.54) is 28.8 Å². The number of benzene rings is 3. The molecule has 0 atom stereocenters. The van der Waals surface area contributed by atoms with E-state index in [2.05, 4.69) is 10.3 Å². The summed E-state index contributed by atoms with van der Waals surface area (Å²) in [7, 11) is 0. The monoisotopic (exact) mass is 503 g/mol. The van der Waals surface area contributed by atoms with Crippen molar-refractivity contribution in [1.82, 2.24) is 10.3 Å². The van der Waals surface area contributed by atoms with Crippen LogP contribution in [0.1, 0.15) is 32.0 Å². The van der Waals surface area contributed by atoms with E-state index in [1.54, 1.807) is 48.7 Å². The van der Waals surface area contributed by atoms with Gasteiger partial charge in [0.1, 0.15) is 5.82 Å². The van der Waals surface area contributed by atoms with Crippen LogP contribution in [0.3, 0.4) is 0 Å². The topological polar surface area (TPSA) is 62.3 Å². The van der Waals surface area contributed by atoms with Gasteiger partial charge in [-0.05, 0) is 54.6 Å². The lowest BCUT2D eigenvalue weighted by atomic mass is 10.1. The number of hydrogen-bond donors (Lipinski definition) is 1. The van der Waals surface area contributed by atoms with E-state index in [9.17, 15) is 14.0 Å². The fourth-order valence-corrected chi connectivity index (χ4v) is 5.12. The lowest BCUT2D eigenvalue weighted by Crippen LogP contribution is -2.31. The van der Waals surface area contributed by atoms with E-state index in [4.69, 9.17) is 11.6 Å². The number of nitrogens with one attached hydrogen (secondary N) is 1. The van der Waals surface area contributed by atoms with Crippen LogP contribution < -0.4 is 10.2 Å². The summed E-state index contributed by atoms with van der Waals surface area (Å²) in [5, 5.41) is 3.09. The molecule has 1 aliphatic rings. The van der Waals surface area contributed by atoms with Crippen LogP contribution in [-0.2, 0) is 13.1 Å².